The molecule has 10 heteroatoms. The van der Waals surface area contributed by atoms with Crippen molar-refractivity contribution in [2.45, 2.75) is 255 Å². The summed E-state index contributed by atoms with van der Waals surface area (Å²) in [5, 5.41) is 64.8. The smallest absolute Gasteiger partial charge is 0.249 e. The third-order valence-corrected chi connectivity index (χ3v) is 11.4. The minimum Gasteiger partial charge on any atom is -0.394 e. The Kier molecular flexibility index (Phi) is 35.4. The average Bonchev–Trinajstić information content (AvgIpc) is 3.21. The van der Waals surface area contributed by atoms with Gasteiger partial charge in [-0.2, -0.15) is 0 Å². The Hall–Kier alpha value is -1.37. The second-order valence-corrected chi connectivity index (χ2v) is 16.7. The molecule has 1 aliphatic heterocycles. The van der Waals surface area contributed by atoms with Crippen molar-refractivity contribution in [2.24, 2.45) is 0 Å². The summed E-state index contributed by atoms with van der Waals surface area (Å²) in [5.74, 6) is -0.585. The number of allylic oxidation sites excluding steroid dienone is 4. The summed E-state index contributed by atoms with van der Waals surface area (Å²) in [7, 11) is 0. The fourth-order valence-electron chi connectivity index (χ4n) is 7.56. The molecule has 0 saturated carbocycles. The fourth-order valence-corrected chi connectivity index (χ4v) is 7.56. The zero-order chi connectivity index (χ0) is 41.8. The molecule has 1 heterocycles. The first-order valence-electron chi connectivity index (χ1n) is 23.6. The molecule has 1 saturated heterocycles. The summed E-state index contributed by atoms with van der Waals surface area (Å²) in [6.07, 6.45) is 33.7. The van der Waals surface area contributed by atoms with Crippen LogP contribution in [0.5, 0.6) is 0 Å². The molecule has 0 aromatic carbocycles. The Labute approximate surface area is 348 Å². The van der Waals surface area contributed by atoms with E-state index >= 15 is 0 Å². The van der Waals surface area contributed by atoms with Gasteiger partial charge in [-0.3, -0.25) is 4.79 Å². The van der Waals surface area contributed by atoms with Crippen LogP contribution in [0.25, 0.3) is 0 Å². The van der Waals surface area contributed by atoms with Gasteiger partial charge in [-0.15, -0.1) is 0 Å². The highest BCUT2D eigenvalue weighted by atomic mass is 16.7. The molecule has 1 aliphatic rings. The standard InChI is InChI=1S/C47H89NO9/c1-3-5-7-9-11-13-15-17-18-19-20-21-22-23-24-26-28-30-32-34-36-41(51)46(55)48-39(38-56-47-45(54)44(53)43(52)42(37-49)57-47)40(50)35-33-31-29-27-25-16-14-12-10-8-6-4-2/h5,7,11,13,39-45,47,49-54H,3-4,6,8-10,12,14-38H2,1-2H3,(H,48,55)/b7-5-,13-11-. The Bertz CT molecular complexity index is 963. The van der Waals surface area contributed by atoms with Crippen LogP contribution in [0.15, 0.2) is 24.3 Å². The molecule has 57 heavy (non-hydrogen) atoms. The Morgan fingerprint density at radius 3 is 1.60 bits per heavy atom. The van der Waals surface area contributed by atoms with E-state index in [1.807, 2.05) is 0 Å². The molecule has 10 nitrogen and oxygen atoms in total. The Balaban J connectivity index is 2.33. The molecule has 8 atom stereocenters. The largest absolute Gasteiger partial charge is 0.394 e. The van der Waals surface area contributed by atoms with Crippen molar-refractivity contribution in [3.63, 3.8) is 0 Å². The molecule has 1 fully saturated rings. The third-order valence-electron chi connectivity index (χ3n) is 11.4. The molecule has 0 aliphatic carbocycles. The van der Waals surface area contributed by atoms with E-state index in [0.717, 1.165) is 64.2 Å². The van der Waals surface area contributed by atoms with Gasteiger partial charge in [0.2, 0.25) is 5.91 Å². The number of carbonyl (C=O) groups is 1. The van der Waals surface area contributed by atoms with Crippen molar-refractivity contribution in [3.8, 4) is 0 Å². The van der Waals surface area contributed by atoms with Crippen LogP contribution in [0.4, 0.5) is 0 Å². The summed E-state index contributed by atoms with van der Waals surface area (Å²) < 4.78 is 11.2. The second-order valence-electron chi connectivity index (χ2n) is 16.7. The molecule has 7 N–H and O–H groups in total. The number of hydrogen-bond donors (Lipinski definition) is 7. The molecule has 336 valence electrons. The lowest BCUT2D eigenvalue weighted by Crippen LogP contribution is -2.60. The Morgan fingerprint density at radius 1 is 0.614 bits per heavy atom. The maximum Gasteiger partial charge on any atom is 0.249 e. The molecule has 0 aromatic rings. The number of unbranched alkanes of at least 4 members (excludes halogenated alkanes) is 24. The summed E-state index contributed by atoms with van der Waals surface area (Å²) in [5.41, 5.74) is 0. The van der Waals surface area contributed by atoms with Crippen LogP contribution >= 0.6 is 0 Å². The van der Waals surface area contributed by atoms with Gasteiger partial charge < -0.3 is 45.4 Å². The minimum absolute atomic E-state index is 0.254. The SMILES string of the molecule is CC/C=C\C/C=C\CCCCCCCCCCCCCCCC(O)C(=O)NC(COC1OC(CO)C(O)C(O)C1O)C(O)CCCCCCCCCCCCCC. The van der Waals surface area contributed by atoms with E-state index in [1.165, 1.54) is 116 Å². The van der Waals surface area contributed by atoms with Gasteiger partial charge in [0.15, 0.2) is 6.29 Å². The fraction of sp³-hybridized carbons (Fsp3) is 0.894. The van der Waals surface area contributed by atoms with Crippen molar-refractivity contribution in [3.05, 3.63) is 24.3 Å². The highest BCUT2D eigenvalue weighted by Gasteiger charge is 2.44. The first kappa shape index (κ1) is 53.6. The van der Waals surface area contributed by atoms with Crippen LogP contribution < -0.4 is 5.32 Å². The number of aliphatic hydroxyl groups excluding tert-OH is 6. The van der Waals surface area contributed by atoms with Crippen LogP contribution in [0.3, 0.4) is 0 Å². The minimum atomic E-state index is -1.59. The lowest BCUT2D eigenvalue weighted by molar-refractivity contribution is -0.302. The van der Waals surface area contributed by atoms with E-state index in [0.29, 0.717) is 12.8 Å². The topological polar surface area (TPSA) is 169 Å². The van der Waals surface area contributed by atoms with Gasteiger partial charge in [-0.25, -0.2) is 0 Å². The molecule has 0 bridgehead atoms. The third kappa shape index (κ3) is 27.9. The van der Waals surface area contributed by atoms with Crippen LogP contribution in [0.2, 0.25) is 0 Å². The van der Waals surface area contributed by atoms with Crippen molar-refractivity contribution in [1.29, 1.82) is 0 Å². The normalized spacial score (nSPS) is 21.7. The summed E-state index contributed by atoms with van der Waals surface area (Å²) >= 11 is 0. The van der Waals surface area contributed by atoms with E-state index in [2.05, 4.69) is 43.5 Å². The molecule has 1 amide bonds. The lowest BCUT2D eigenvalue weighted by Gasteiger charge is -2.40. The first-order chi connectivity index (χ1) is 27.8. The number of hydrogen-bond acceptors (Lipinski definition) is 9. The molecular weight excluding hydrogens is 723 g/mol. The number of carbonyl (C=O) groups excluding carboxylic acids is 1. The van der Waals surface area contributed by atoms with Gasteiger partial charge in [-0.1, -0.05) is 192 Å². The van der Waals surface area contributed by atoms with E-state index in [-0.39, 0.29) is 6.61 Å². The van der Waals surface area contributed by atoms with E-state index in [4.69, 9.17) is 9.47 Å². The molecular formula is C47H89NO9. The maximum atomic E-state index is 13.1. The molecule has 0 spiro atoms. The van der Waals surface area contributed by atoms with E-state index < -0.39 is 61.5 Å². The lowest BCUT2D eigenvalue weighted by atomic mass is 9.99. The van der Waals surface area contributed by atoms with Crippen LogP contribution in [0, 0.1) is 0 Å². The average molecular weight is 812 g/mol. The van der Waals surface area contributed by atoms with Gasteiger partial charge in [0.05, 0.1) is 25.4 Å². The quantitative estimate of drug-likeness (QED) is 0.0237. The van der Waals surface area contributed by atoms with Crippen molar-refractivity contribution < 1.29 is 44.9 Å². The molecule has 0 aromatic heterocycles. The van der Waals surface area contributed by atoms with Crippen LogP contribution in [-0.4, -0.2) is 98.7 Å². The summed E-state index contributed by atoms with van der Waals surface area (Å²) in [4.78, 5) is 13.1. The molecule has 8 unspecified atom stereocenters. The highest BCUT2D eigenvalue weighted by molar-refractivity contribution is 5.80. The highest BCUT2D eigenvalue weighted by Crippen LogP contribution is 2.23. The van der Waals surface area contributed by atoms with Crippen LogP contribution in [-0.2, 0) is 14.3 Å². The zero-order valence-corrected chi connectivity index (χ0v) is 36.5. The van der Waals surface area contributed by atoms with Crippen molar-refractivity contribution in [1.82, 2.24) is 5.32 Å². The van der Waals surface area contributed by atoms with E-state index in [1.54, 1.807) is 0 Å². The van der Waals surface area contributed by atoms with Gasteiger partial charge in [-0.05, 0) is 38.5 Å². The molecule has 0 radical (unpaired) electrons. The van der Waals surface area contributed by atoms with Gasteiger partial charge in [0, 0.05) is 0 Å². The Morgan fingerprint density at radius 2 is 1.09 bits per heavy atom. The van der Waals surface area contributed by atoms with E-state index in [9.17, 15) is 35.4 Å². The van der Waals surface area contributed by atoms with Crippen LogP contribution in [0.1, 0.15) is 206 Å². The van der Waals surface area contributed by atoms with Gasteiger partial charge in [0.25, 0.3) is 0 Å². The second kappa shape index (κ2) is 37.6. The van der Waals surface area contributed by atoms with Crippen molar-refractivity contribution in [2.75, 3.05) is 13.2 Å². The number of nitrogens with one attached hydrogen (secondary N) is 1. The predicted octanol–water partition coefficient (Wildman–Crippen LogP) is 8.86. The van der Waals surface area contributed by atoms with Gasteiger partial charge >= 0.3 is 0 Å². The molecule has 1 rings (SSSR count). The monoisotopic (exact) mass is 812 g/mol. The maximum absolute atomic E-state index is 13.1. The summed E-state index contributed by atoms with van der Waals surface area (Å²) in [6, 6.07) is -0.891. The number of ether oxygens (including phenoxy) is 2. The number of aliphatic hydroxyl groups is 6. The first-order valence-corrected chi connectivity index (χ1v) is 23.6. The van der Waals surface area contributed by atoms with Gasteiger partial charge in [0.1, 0.15) is 30.5 Å². The van der Waals surface area contributed by atoms with Crippen molar-refractivity contribution >= 4 is 5.91 Å². The number of amides is 1. The predicted molar refractivity (Wildman–Crippen MR) is 232 cm³/mol. The number of rotatable bonds is 39. The zero-order valence-electron chi connectivity index (χ0n) is 36.5. The summed E-state index contributed by atoms with van der Waals surface area (Å²) in [6.45, 7) is 3.56.